The molecule has 34 heavy (non-hydrogen) atoms. The lowest BCUT2D eigenvalue weighted by Gasteiger charge is -2.26. The highest BCUT2D eigenvalue weighted by molar-refractivity contribution is 6.39. The molecule has 1 saturated heterocycles. The lowest BCUT2D eigenvalue weighted by molar-refractivity contribution is -0.384. The standard InChI is InChI=1S/C24H16ClN3O6/c25-17-6-11-21(34-14-15-4-2-1-3-5-15)16(12-17)13-20-22(29)26-24(31)27(23(20)30)18-7-9-19(10-8-18)28(32)33/h1-13H,14H2,(H,26,29,31). The van der Waals surface area contributed by atoms with Gasteiger partial charge in [0.2, 0.25) is 0 Å². The fourth-order valence-corrected chi connectivity index (χ4v) is 3.45. The Labute approximate surface area is 198 Å². The summed E-state index contributed by atoms with van der Waals surface area (Å²) < 4.78 is 5.87. The minimum absolute atomic E-state index is 0.0677. The van der Waals surface area contributed by atoms with Crippen LogP contribution >= 0.6 is 11.6 Å². The first kappa shape index (κ1) is 22.7. The third-order valence-electron chi connectivity index (χ3n) is 4.93. The Morgan fingerprint density at radius 3 is 2.38 bits per heavy atom. The van der Waals surface area contributed by atoms with Crippen LogP contribution in [0.3, 0.4) is 0 Å². The predicted octanol–water partition coefficient (Wildman–Crippen LogP) is 4.49. The molecule has 3 aromatic rings. The number of barbiturate groups is 1. The second-order valence-electron chi connectivity index (χ2n) is 7.19. The number of hydrogen-bond acceptors (Lipinski definition) is 6. The number of ether oxygens (including phenoxy) is 1. The number of amides is 4. The van der Waals surface area contributed by atoms with Gasteiger partial charge < -0.3 is 4.74 Å². The summed E-state index contributed by atoms with van der Waals surface area (Å²) >= 11 is 6.12. The number of imide groups is 2. The number of carbonyl (C=O) groups is 3. The SMILES string of the molecule is O=C1NC(=O)N(c2ccc([N+](=O)[O-])cc2)C(=O)C1=Cc1cc(Cl)ccc1OCc1ccccc1. The molecule has 3 aromatic carbocycles. The van der Waals surface area contributed by atoms with Crippen molar-refractivity contribution >= 4 is 46.9 Å². The Morgan fingerprint density at radius 1 is 1.00 bits per heavy atom. The van der Waals surface area contributed by atoms with Crippen molar-refractivity contribution in [1.82, 2.24) is 5.32 Å². The molecule has 0 atom stereocenters. The average Bonchev–Trinajstić information content (AvgIpc) is 2.82. The van der Waals surface area contributed by atoms with Crippen molar-refractivity contribution in [3.63, 3.8) is 0 Å². The van der Waals surface area contributed by atoms with Gasteiger partial charge in [-0.25, -0.2) is 9.69 Å². The van der Waals surface area contributed by atoms with Crippen LogP contribution in [0, 0.1) is 10.1 Å². The van der Waals surface area contributed by atoms with Crippen molar-refractivity contribution in [3.05, 3.63) is 105 Å². The molecule has 1 heterocycles. The van der Waals surface area contributed by atoms with E-state index in [1.54, 1.807) is 12.1 Å². The number of nitro groups is 1. The van der Waals surface area contributed by atoms with Gasteiger partial charge in [-0.15, -0.1) is 0 Å². The molecule has 0 spiro atoms. The maximum atomic E-state index is 13.1. The van der Waals surface area contributed by atoms with E-state index >= 15 is 0 Å². The highest BCUT2D eigenvalue weighted by Crippen LogP contribution is 2.29. The second-order valence-corrected chi connectivity index (χ2v) is 7.62. The molecule has 4 rings (SSSR count). The van der Waals surface area contributed by atoms with Crippen LogP contribution < -0.4 is 15.0 Å². The zero-order valence-corrected chi connectivity index (χ0v) is 18.2. The minimum Gasteiger partial charge on any atom is -0.488 e. The van der Waals surface area contributed by atoms with Crippen LogP contribution in [-0.2, 0) is 16.2 Å². The number of benzene rings is 3. The van der Waals surface area contributed by atoms with Gasteiger partial charge in [0.25, 0.3) is 17.5 Å². The minimum atomic E-state index is -0.965. The average molecular weight is 478 g/mol. The monoisotopic (exact) mass is 477 g/mol. The topological polar surface area (TPSA) is 119 Å². The van der Waals surface area contributed by atoms with Gasteiger partial charge >= 0.3 is 6.03 Å². The van der Waals surface area contributed by atoms with Gasteiger partial charge in [-0.3, -0.25) is 25.0 Å². The molecule has 10 heteroatoms. The quantitative estimate of drug-likeness (QED) is 0.242. The molecule has 1 N–H and O–H groups in total. The number of hydrogen-bond donors (Lipinski definition) is 1. The van der Waals surface area contributed by atoms with E-state index in [1.165, 1.54) is 24.3 Å². The summed E-state index contributed by atoms with van der Waals surface area (Å²) in [5, 5.41) is 13.3. The molecule has 1 aliphatic rings. The Balaban J connectivity index is 1.66. The molecule has 1 aliphatic heterocycles. The van der Waals surface area contributed by atoms with Crippen LogP contribution in [0.4, 0.5) is 16.2 Å². The summed E-state index contributed by atoms with van der Waals surface area (Å²) in [4.78, 5) is 49.0. The van der Waals surface area contributed by atoms with Gasteiger partial charge in [-0.2, -0.15) is 0 Å². The maximum absolute atomic E-state index is 13.1. The van der Waals surface area contributed by atoms with Crippen LogP contribution in [0.5, 0.6) is 5.75 Å². The molecule has 1 fully saturated rings. The molecular weight excluding hydrogens is 462 g/mol. The predicted molar refractivity (Wildman–Crippen MR) is 124 cm³/mol. The number of urea groups is 1. The zero-order valence-electron chi connectivity index (χ0n) is 17.4. The molecule has 0 aromatic heterocycles. The molecule has 170 valence electrons. The lowest BCUT2D eigenvalue weighted by Crippen LogP contribution is -2.54. The summed E-state index contributed by atoms with van der Waals surface area (Å²) in [5.41, 5.74) is 0.805. The normalized spacial score (nSPS) is 14.8. The van der Waals surface area contributed by atoms with Gasteiger partial charge in [-0.1, -0.05) is 41.9 Å². The third-order valence-corrected chi connectivity index (χ3v) is 5.16. The van der Waals surface area contributed by atoms with E-state index in [0.29, 0.717) is 16.3 Å². The molecular formula is C24H16ClN3O6. The first-order chi connectivity index (χ1) is 16.3. The van der Waals surface area contributed by atoms with Crippen LogP contribution in [0.2, 0.25) is 5.02 Å². The Bertz CT molecular complexity index is 1320. The summed E-state index contributed by atoms with van der Waals surface area (Å²) in [7, 11) is 0. The van der Waals surface area contributed by atoms with E-state index in [9.17, 15) is 24.5 Å². The fourth-order valence-electron chi connectivity index (χ4n) is 3.27. The largest absolute Gasteiger partial charge is 0.488 e. The van der Waals surface area contributed by atoms with Gasteiger partial charge in [0.05, 0.1) is 10.6 Å². The summed E-state index contributed by atoms with van der Waals surface area (Å²) in [6.45, 7) is 0.242. The van der Waals surface area contributed by atoms with E-state index in [2.05, 4.69) is 5.32 Å². The molecule has 9 nitrogen and oxygen atoms in total. The number of non-ortho nitro benzene ring substituents is 1. The Hall–Kier alpha value is -4.50. The van der Waals surface area contributed by atoms with Crippen molar-refractivity contribution in [2.75, 3.05) is 4.90 Å². The van der Waals surface area contributed by atoms with Crippen LogP contribution in [0.1, 0.15) is 11.1 Å². The van der Waals surface area contributed by atoms with E-state index < -0.39 is 22.8 Å². The van der Waals surface area contributed by atoms with Crippen LogP contribution in [-0.4, -0.2) is 22.8 Å². The third kappa shape index (κ3) is 4.79. The van der Waals surface area contributed by atoms with Gasteiger partial charge in [0.15, 0.2) is 0 Å². The van der Waals surface area contributed by atoms with Crippen molar-refractivity contribution in [2.24, 2.45) is 0 Å². The Morgan fingerprint density at radius 2 is 1.71 bits per heavy atom. The highest BCUT2D eigenvalue weighted by Gasteiger charge is 2.37. The summed E-state index contributed by atoms with van der Waals surface area (Å²) in [6.07, 6.45) is 1.29. The van der Waals surface area contributed by atoms with Crippen molar-refractivity contribution in [2.45, 2.75) is 6.61 Å². The first-order valence-electron chi connectivity index (χ1n) is 9.95. The van der Waals surface area contributed by atoms with Gasteiger partial charge in [-0.05, 0) is 42.0 Å². The molecule has 0 saturated carbocycles. The van der Waals surface area contributed by atoms with Crippen molar-refractivity contribution in [3.8, 4) is 5.75 Å². The summed E-state index contributed by atoms with van der Waals surface area (Å²) in [5.74, 6) is -1.40. The zero-order chi connectivity index (χ0) is 24.2. The smallest absolute Gasteiger partial charge is 0.335 e. The molecule has 0 unspecified atom stereocenters. The lowest BCUT2D eigenvalue weighted by atomic mass is 10.1. The molecule has 0 radical (unpaired) electrons. The highest BCUT2D eigenvalue weighted by atomic mass is 35.5. The maximum Gasteiger partial charge on any atom is 0.335 e. The fraction of sp³-hybridized carbons (Fsp3) is 0.0417. The second kappa shape index (κ2) is 9.55. The number of nitrogens with zero attached hydrogens (tertiary/aromatic N) is 2. The van der Waals surface area contributed by atoms with E-state index in [4.69, 9.17) is 16.3 Å². The first-order valence-corrected chi connectivity index (χ1v) is 10.3. The van der Waals surface area contributed by atoms with Crippen LogP contribution in [0.15, 0.2) is 78.4 Å². The number of rotatable bonds is 6. The molecule has 4 amide bonds. The van der Waals surface area contributed by atoms with E-state index in [0.717, 1.165) is 22.6 Å². The number of anilines is 1. The number of nitrogens with one attached hydrogen (secondary N) is 1. The summed E-state index contributed by atoms with van der Waals surface area (Å²) in [6, 6.07) is 18.0. The van der Waals surface area contributed by atoms with Crippen molar-refractivity contribution < 1.29 is 24.0 Å². The van der Waals surface area contributed by atoms with Gasteiger partial charge in [0, 0.05) is 22.7 Å². The number of nitro benzene ring substituents is 1. The van der Waals surface area contributed by atoms with Crippen molar-refractivity contribution in [1.29, 1.82) is 0 Å². The number of carbonyl (C=O) groups excluding carboxylic acids is 3. The number of halogens is 1. The van der Waals surface area contributed by atoms with Crippen LogP contribution in [0.25, 0.3) is 6.08 Å². The van der Waals surface area contributed by atoms with Gasteiger partial charge in [0.1, 0.15) is 17.9 Å². The molecule has 0 bridgehead atoms. The molecule has 0 aliphatic carbocycles. The Kier molecular flexibility index (Phi) is 6.37. The van der Waals surface area contributed by atoms with E-state index in [1.807, 2.05) is 30.3 Å². The van der Waals surface area contributed by atoms with E-state index in [-0.39, 0.29) is 23.6 Å².